The van der Waals surface area contributed by atoms with Crippen LogP contribution in [0.4, 0.5) is 0 Å². The molecule has 0 saturated heterocycles. The minimum Gasteiger partial charge on any atom is -0.256 e. The Morgan fingerprint density at radius 2 is 2.77 bits per heavy atom. The van der Waals surface area contributed by atoms with Crippen molar-refractivity contribution in [1.82, 2.24) is 4.98 Å². The van der Waals surface area contributed by atoms with Crippen LogP contribution in [0.25, 0.3) is 5.57 Å². The lowest BCUT2D eigenvalue weighted by Crippen LogP contribution is -1.85. The van der Waals surface area contributed by atoms with E-state index in [1.807, 2.05) is 0 Å². The molecule has 1 heteroatoms. The van der Waals surface area contributed by atoms with Crippen molar-refractivity contribution in [1.29, 1.82) is 0 Å². The van der Waals surface area contributed by atoms with Crippen LogP contribution in [0.5, 0.6) is 0 Å². The zero-order valence-corrected chi connectivity index (χ0v) is 7.33. The Hall–Kier alpha value is -1.63. The molecule has 0 fully saturated rings. The maximum atomic E-state index is 7.86. The third-order valence-corrected chi connectivity index (χ3v) is 1.38. The first-order valence-electron chi connectivity index (χ1n) is 6.42. The van der Waals surface area contributed by atoms with E-state index in [2.05, 4.69) is 4.98 Å². The van der Waals surface area contributed by atoms with Gasteiger partial charge in [-0.2, -0.15) is 0 Å². The van der Waals surface area contributed by atoms with Crippen molar-refractivity contribution < 1.29 is 6.85 Å². The molecule has 0 amide bonds. The zero-order valence-electron chi connectivity index (χ0n) is 12.3. The van der Waals surface area contributed by atoms with Gasteiger partial charge in [-0.3, -0.25) is 4.98 Å². The number of aryl methyl sites for hydroxylation is 1. The molecule has 1 rings (SSSR count). The fourth-order valence-electron chi connectivity index (χ4n) is 0.787. The molecule has 0 unspecified atom stereocenters. The maximum absolute atomic E-state index is 7.86. The smallest absolute Gasteiger partial charge is 0.0840 e. The Balaban J connectivity index is 3.31. The molecule has 0 bridgehead atoms. The van der Waals surface area contributed by atoms with E-state index in [1.54, 1.807) is 6.92 Å². The van der Waals surface area contributed by atoms with E-state index >= 15 is 0 Å². The van der Waals surface area contributed by atoms with Crippen LogP contribution < -0.4 is 0 Å². The van der Waals surface area contributed by atoms with Gasteiger partial charge in [0.25, 0.3) is 0 Å². The highest BCUT2D eigenvalue weighted by Crippen LogP contribution is 2.11. The van der Waals surface area contributed by atoms with Crippen LogP contribution >= 0.6 is 0 Å². The van der Waals surface area contributed by atoms with E-state index in [4.69, 9.17) is 6.85 Å². The minimum absolute atomic E-state index is 0.0221. The SMILES string of the molecule is [2H]C=C/C([2H])=C\C(=C[2H])c1nc([2H])cc(C)c1[2H]. The topological polar surface area (TPSA) is 12.9 Å². The standard InChI is InChI=1S/C12H13N/c1-4-5-6-11(3)12-9-10(2)7-8-13-12/h4-9H,1,3H2,2H3/b6-5-/i1D,3D,5D,8D,9D/b4-1?,6-5-,11-3?. The average molecular weight is 176 g/mol. The lowest BCUT2D eigenvalue weighted by atomic mass is 10.1. The van der Waals surface area contributed by atoms with Gasteiger partial charge in [-0.05, 0) is 30.2 Å². The molecule has 0 aromatic carbocycles. The molecule has 0 atom stereocenters. The molecule has 13 heavy (non-hydrogen) atoms. The van der Waals surface area contributed by atoms with E-state index in [0.29, 0.717) is 5.56 Å². The first kappa shape index (κ1) is 4.56. The molecule has 1 nitrogen and oxygen atoms in total. The molecule has 0 aliphatic carbocycles. The molecule has 0 radical (unpaired) electrons. The summed E-state index contributed by atoms with van der Waals surface area (Å²) in [7, 11) is 0. The molecular weight excluding hydrogens is 158 g/mol. The van der Waals surface area contributed by atoms with E-state index in [-0.39, 0.29) is 29.5 Å². The quantitative estimate of drug-likeness (QED) is 0.645. The normalized spacial score (nSPS) is 19.0. The van der Waals surface area contributed by atoms with Crippen LogP contribution in [0.15, 0.2) is 49.6 Å². The Morgan fingerprint density at radius 1 is 1.85 bits per heavy atom. The van der Waals surface area contributed by atoms with Gasteiger partial charge in [0.1, 0.15) is 0 Å². The van der Waals surface area contributed by atoms with Gasteiger partial charge in [-0.15, -0.1) is 0 Å². The minimum atomic E-state index is 0.0221. The Bertz CT molecular complexity index is 532. The molecule has 66 valence electrons. The summed E-state index contributed by atoms with van der Waals surface area (Å²) in [5.41, 5.74) is 1.08. The molecule has 0 spiro atoms. The lowest BCUT2D eigenvalue weighted by Gasteiger charge is -1.99. The van der Waals surface area contributed by atoms with Gasteiger partial charge in [-0.1, -0.05) is 31.3 Å². The third kappa shape index (κ3) is 2.71. The molecule has 0 aliphatic heterocycles. The zero-order chi connectivity index (χ0) is 13.7. The van der Waals surface area contributed by atoms with Crippen molar-refractivity contribution in [3.05, 3.63) is 60.9 Å². The molecule has 1 heterocycles. The maximum Gasteiger partial charge on any atom is 0.0840 e. The van der Waals surface area contributed by atoms with Crippen LogP contribution in [0, 0.1) is 6.92 Å². The van der Waals surface area contributed by atoms with Crippen LogP contribution in [-0.4, -0.2) is 4.98 Å². The summed E-state index contributed by atoms with van der Waals surface area (Å²) in [6.07, 6.45) is 2.62. The summed E-state index contributed by atoms with van der Waals surface area (Å²) < 4.78 is 37.1. The van der Waals surface area contributed by atoms with Gasteiger partial charge >= 0.3 is 0 Å². The van der Waals surface area contributed by atoms with E-state index in [1.165, 1.54) is 18.2 Å². The predicted octanol–water partition coefficient (Wildman–Crippen LogP) is 3.15. The second-order valence-corrected chi connectivity index (χ2v) is 2.47. The van der Waals surface area contributed by atoms with Crippen LogP contribution in [-0.2, 0) is 0 Å². The number of hydrogen-bond donors (Lipinski definition) is 0. The second kappa shape index (κ2) is 4.41. The highest BCUT2D eigenvalue weighted by atomic mass is 14.7. The number of nitrogens with zero attached hydrogens (tertiary/aromatic N) is 1. The van der Waals surface area contributed by atoms with Crippen molar-refractivity contribution in [3.8, 4) is 0 Å². The van der Waals surface area contributed by atoms with E-state index < -0.39 is 0 Å². The van der Waals surface area contributed by atoms with E-state index in [9.17, 15) is 0 Å². The molecule has 1 aromatic rings. The van der Waals surface area contributed by atoms with Gasteiger partial charge in [-0.25, -0.2) is 0 Å². The average Bonchev–Trinajstić information content (AvgIpc) is 2.31. The second-order valence-electron chi connectivity index (χ2n) is 2.47. The Labute approximate surface area is 86.2 Å². The van der Waals surface area contributed by atoms with Crippen LogP contribution in [0.3, 0.4) is 0 Å². The summed E-state index contributed by atoms with van der Waals surface area (Å²) in [5.74, 6) is 0. The predicted molar refractivity (Wildman–Crippen MR) is 57.3 cm³/mol. The molecule has 0 N–H and O–H groups in total. The summed E-state index contributed by atoms with van der Waals surface area (Å²) in [6, 6.07) is 1.66. The first-order chi connectivity index (χ1) is 8.49. The van der Waals surface area contributed by atoms with Gasteiger partial charge in [0.15, 0.2) is 0 Å². The van der Waals surface area contributed by atoms with Crippen LogP contribution in [0.2, 0.25) is 0 Å². The summed E-state index contributed by atoms with van der Waals surface area (Å²) in [4.78, 5) is 3.91. The highest BCUT2D eigenvalue weighted by Gasteiger charge is 1.95. The third-order valence-electron chi connectivity index (χ3n) is 1.38. The van der Waals surface area contributed by atoms with Gasteiger partial charge in [0.2, 0.25) is 0 Å². The van der Waals surface area contributed by atoms with Gasteiger partial charge in [0.05, 0.1) is 12.5 Å². The summed E-state index contributed by atoms with van der Waals surface area (Å²) in [6.45, 7) is 3.66. The van der Waals surface area contributed by atoms with Gasteiger partial charge in [0, 0.05) is 6.17 Å². The van der Waals surface area contributed by atoms with Crippen molar-refractivity contribution in [2.24, 2.45) is 0 Å². The lowest BCUT2D eigenvalue weighted by molar-refractivity contribution is 1.25. The van der Waals surface area contributed by atoms with Crippen molar-refractivity contribution in [2.75, 3.05) is 0 Å². The summed E-state index contributed by atoms with van der Waals surface area (Å²) >= 11 is 0. The molecule has 1 aromatic heterocycles. The fraction of sp³-hybridized carbons (Fsp3) is 0.0833. The number of hydrogen-bond acceptors (Lipinski definition) is 1. The van der Waals surface area contributed by atoms with Crippen LogP contribution in [0.1, 0.15) is 18.1 Å². The number of pyridine rings is 1. The summed E-state index contributed by atoms with van der Waals surface area (Å²) in [5, 5.41) is 0. The van der Waals surface area contributed by atoms with Gasteiger partial charge < -0.3 is 0 Å². The Kier molecular flexibility index (Phi) is 1.55. The van der Waals surface area contributed by atoms with E-state index in [0.717, 1.165) is 13.1 Å². The molecular formula is C12H13N. The number of rotatable bonds is 3. The first-order valence-corrected chi connectivity index (χ1v) is 3.76. The number of allylic oxidation sites excluding steroid dienone is 4. The van der Waals surface area contributed by atoms with Crippen molar-refractivity contribution in [2.45, 2.75) is 6.92 Å². The Morgan fingerprint density at radius 3 is 3.54 bits per heavy atom. The fourth-order valence-corrected chi connectivity index (χ4v) is 0.787. The monoisotopic (exact) mass is 176 g/mol. The molecule has 0 aliphatic rings. The molecule has 0 saturated carbocycles. The van der Waals surface area contributed by atoms with Crippen molar-refractivity contribution >= 4 is 5.57 Å². The van der Waals surface area contributed by atoms with Crippen molar-refractivity contribution in [3.63, 3.8) is 0 Å². The largest absolute Gasteiger partial charge is 0.256 e. The highest BCUT2D eigenvalue weighted by molar-refractivity contribution is 5.69. The number of aromatic nitrogens is 1.